The van der Waals surface area contributed by atoms with Crippen molar-refractivity contribution in [1.82, 2.24) is 20.5 Å². The smallest absolute Gasteiger partial charge is 0.272 e. The maximum atomic E-state index is 14.0. The van der Waals surface area contributed by atoms with E-state index in [-0.39, 0.29) is 12.5 Å². The van der Waals surface area contributed by atoms with E-state index in [1.54, 1.807) is 18.0 Å². The number of aromatic nitrogens is 1. The lowest BCUT2D eigenvalue weighted by molar-refractivity contribution is -0.128. The van der Waals surface area contributed by atoms with Crippen LogP contribution >= 0.6 is 0 Å². The van der Waals surface area contributed by atoms with Crippen LogP contribution in [0.25, 0.3) is 0 Å². The Morgan fingerprint density at radius 3 is 2.42 bits per heavy atom. The predicted molar refractivity (Wildman–Crippen MR) is 157 cm³/mol. The molecule has 0 bridgehead atoms. The van der Waals surface area contributed by atoms with Crippen molar-refractivity contribution in [3.8, 4) is 0 Å². The molecule has 0 aliphatic carbocycles. The molecule has 0 fully saturated rings. The van der Waals surface area contributed by atoms with Crippen molar-refractivity contribution in [2.75, 3.05) is 37.6 Å². The van der Waals surface area contributed by atoms with Crippen LogP contribution in [0, 0.1) is 0 Å². The van der Waals surface area contributed by atoms with E-state index in [2.05, 4.69) is 34.4 Å². The summed E-state index contributed by atoms with van der Waals surface area (Å²) in [7, 11) is 0. The average Bonchev–Trinajstić information content (AvgIpc) is 3.11. The monoisotopic (exact) mass is 542 g/mol. The number of benzene rings is 2. The zero-order valence-electron chi connectivity index (χ0n) is 23.3. The number of aliphatic imine (C=N–C) groups is 1. The number of amides is 2. The number of benzodiazepines with no additional fused rings is 1. The maximum Gasteiger partial charge on any atom is 0.272 e. The average molecular weight is 543 g/mol. The van der Waals surface area contributed by atoms with Gasteiger partial charge in [-0.15, -0.1) is 0 Å². The number of anilines is 1. The van der Waals surface area contributed by atoms with Crippen LogP contribution in [-0.2, 0) is 9.59 Å². The molecule has 2 unspecified atom stereocenters. The van der Waals surface area contributed by atoms with Crippen molar-refractivity contribution in [2.24, 2.45) is 4.99 Å². The molecule has 4 rings (SSSR count). The fraction of sp³-hybridized carbons (Fsp3) is 0.355. The number of para-hydroxylation sites is 1. The van der Waals surface area contributed by atoms with Crippen LogP contribution in [0.2, 0.25) is 0 Å². The summed E-state index contributed by atoms with van der Waals surface area (Å²) < 4.78 is 0. The minimum absolute atomic E-state index is 0.182. The molecule has 3 atom stereocenters. The molecular formula is C31H38N6O3. The summed E-state index contributed by atoms with van der Waals surface area (Å²) in [6.45, 7) is 8.94. The number of hydrogen-bond donors (Lipinski definition) is 3. The zero-order valence-corrected chi connectivity index (χ0v) is 23.3. The molecule has 9 nitrogen and oxygen atoms in total. The number of rotatable bonds is 12. The van der Waals surface area contributed by atoms with Crippen molar-refractivity contribution in [3.05, 3.63) is 95.8 Å². The van der Waals surface area contributed by atoms with Crippen LogP contribution in [0.5, 0.6) is 0 Å². The summed E-state index contributed by atoms with van der Waals surface area (Å²) in [5.74, 6) is -0.701. The highest BCUT2D eigenvalue weighted by atomic mass is 16.3. The van der Waals surface area contributed by atoms with E-state index in [9.17, 15) is 14.7 Å². The van der Waals surface area contributed by atoms with Gasteiger partial charge in [0.15, 0.2) is 0 Å². The third-order valence-corrected chi connectivity index (χ3v) is 7.12. The first-order valence-corrected chi connectivity index (χ1v) is 13.8. The van der Waals surface area contributed by atoms with Gasteiger partial charge < -0.3 is 25.5 Å². The summed E-state index contributed by atoms with van der Waals surface area (Å²) >= 11 is 0. The number of pyridine rings is 1. The Bertz CT molecular complexity index is 1300. The lowest BCUT2D eigenvalue weighted by Gasteiger charge is -2.28. The highest BCUT2D eigenvalue weighted by Crippen LogP contribution is 2.27. The number of fused-ring (bicyclic) bond motifs is 1. The molecule has 210 valence electrons. The summed E-state index contributed by atoms with van der Waals surface area (Å²) in [4.78, 5) is 40.5. The normalized spacial score (nSPS) is 16.6. The first-order chi connectivity index (χ1) is 19.4. The molecule has 3 aromatic rings. The molecule has 3 N–H and O–H groups in total. The summed E-state index contributed by atoms with van der Waals surface area (Å²) in [5, 5.41) is 16.4. The Kier molecular flexibility index (Phi) is 10.1. The van der Waals surface area contributed by atoms with Gasteiger partial charge in [0.05, 0.1) is 29.2 Å². The molecule has 1 aromatic heterocycles. The van der Waals surface area contributed by atoms with Crippen LogP contribution < -0.4 is 15.5 Å². The number of carbonyl (C=O) groups excluding carboxylic acids is 2. The topological polar surface area (TPSA) is 110 Å². The first-order valence-electron chi connectivity index (χ1n) is 13.8. The van der Waals surface area contributed by atoms with Crippen LogP contribution in [0.15, 0.2) is 84.0 Å². The SMILES string of the molecule is CCN(CC)CCN1C(=O)C(NC(=O)[C@H](C)NCC(O)c2ccccc2)N=C(c2ccccn2)c2ccccc21. The Labute approximate surface area is 236 Å². The number of nitrogens with one attached hydrogen (secondary N) is 2. The van der Waals surface area contributed by atoms with E-state index in [1.807, 2.05) is 72.8 Å². The second kappa shape index (κ2) is 13.9. The van der Waals surface area contributed by atoms with Crippen LogP contribution in [0.4, 0.5) is 5.69 Å². The van der Waals surface area contributed by atoms with E-state index >= 15 is 0 Å². The fourth-order valence-electron chi connectivity index (χ4n) is 4.68. The van der Waals surface area contributed by atoms with E-state index in [4.69, 9.17) is 4.99 Å². The van der Waals surface area contributed by atoms with Gasteiger partial charge in [-0.25, -0.2) is 4.99 Å². The lowest BCUT2D eigenvalue weighted by atomic mass is 10.0. The zero-order chi connectivity index (χ0) is 28.5. The first kappa shape index (κ1) is 29.1. The molecule has 40 heavy (non-hydrogen) atoms. The van der Waals surface area contributed by atoms with Gasteiger partial charge in [0.1, 0.15) is 0 Å². The van der Waals surface area contributed by atoms with Crippen molar-refractivity contribution < 1.29 is 14.7 Å². The lowest BCUT2D eigenvalue weighted by Crippen LogP contribution is -2.53. The molecule has 0 radical (unpaired) electrons. The van der Waals surface area contributed by atoms with Gasteiger partial charge in [0.25, 0.3) is 5.91 Å². The number of aliphatic hydroxyl groups is 1. The number of likely N-dealkylation sites (N-methyl/N-ethyl adjacent to an activating group) is 1. The van der Waals surface area contributed by atoms with Crippen molar-refractivity contribution in [2.45, 2.75) is 39.1 Å². The highest BCUT2D eigenvalue weighted by molar-refractivity contribution is 6.19. The molecule has 0 spiro atoms. The number of aliphatic hydroxyl groups excluding tert-OH is 1. The Balaban J connectivity index is 1.59. The fourth-order valence-corrected chi connectivity index (χ4v) is 4.68. The van der Waals surface area contributed by atoms with Crippen molar-refractivity contribution in [1.29, 1.82) is 0 Å². The third-order valence-electron chi connectivity index (χ3n) is 7.12. The van der Waals surface area contributed by atoms with Gasteiger partial charge in [-0.05, 0) is 43.8 Å². The van der Waals surface area contributed by atoms with Gasteiger partial charge >= 0.3 is 0 Å². The quantitative estimate of drug-likeness (QED) is 0.325. The van der Waals surface area contributed by atoms with E-state index < -0.39 is 24.2 Å². The van der Waals surface area contributed by atoms with Gasteiger partial charge in [-0.1, -0.05) is 68.4 Å². The van der Waals surface area contributed by atoms with E-state index in [0.717, 1.165) is 29.9 Å². The van der Waals surface area contributed by atoms with Crippen molar-refractivity contribution in [3.63, 3.8) is 0 Å². The Morgan fingerprint density at radius 2 is 1.73 bits per heavy atom. The molecule has 2 amide bonds. The number of hydrogen-bond acceptors (Lipinski definition) is 7. The standard InChI is InChI=1S/C31H38N6O3/c1-4-36(5-2)19-20-37-26-17-10-9-15-24(26)28(25-16-11-12-18-32-25)34-29(31(37)40)35-30(39)22(3)33-21-27(38)23-13-7-6-8-14-23/h6-18,22,27,29,33,38H,4-5,19-21H2,1-3H3,(H,35,39)/t22-,27?,29?/m0/s1. The third kappa shape index (κ3) is 6.98. The van der Waals surface area contributed by atoms with E-state index in [0.29, 0.717) is 24.5 Å². The number of carbonyl (C=O) groups is 2. The van der Waals surface area contributed by atoms with Gasteiger partial charge in [-0.3, -0.25) is 14.6 Å². The second-order valence-electron chi connectivity index (χ2n) is 9.69. The highest BCUT2D eigenvalue weighted by Gasteiger charge is 2.34. The molecular weight excluding hydrogens is 504 g/mol. The van der Waals surface area contributed by atoms with Crippen LogP contribution in [0.1, 0.15) is 43.7 Å². The summed E-state index contributed by atoms with van der Waals surface area (Å²) in [5.41, 5.74) is 3.43. The van der Waals surface area contributed by atoms with E-state index in [1.165, 1.54) is 0 Å². The molecule has 1 aliphatic heterocycles. The van der Waals surface area contributed by atoms with Gasteiger partial charge in [-0.2, -0.15) is 0 Å². The minimum Gasteiger partial charge on any atom is -0.387 e. The summed E-state index contributed by atoms with van der Waals surface area (Å²) in [6.07, 6.45) is -0.227. The minimum atomic E-state index is -1.14. The Hall–Kier alpha value is -3.92. The summed E-state index contributed by atoms with van der Waals surface area (Å²) in [6, 6.07) is 21.8. The van der Waals surface area contributed by atoms with Gasteiger partial charge in [0, 0.05) is 31.4 Å². The molecule has 9 heteroatoms. The molecule has 0 saturated carbocycles. The predicted octanol–water partition coefficient (Wildman–Crippen LogP) is 2.76. The van der Waals surface area contributed by atoms with Crippen LogP contribution in [-0.4, -0.2) is 77.4 Å². The molecule has 2 heterocycles. The van der Waals surface area contributed by atoms with Gasteiger partial charge in [0.2, 0.25) is 12.1 Å². The molecule has 1 aliphatic rings. The Morgan fingerprint density at radius 1 is 1.02 bits per heavy atom. The molecule has 0 saturated heterocycles. The molecule has 2 aromatic carbocycles. The maximum absolute atomic E-state index is 14.0. The van der Waals surface area contributed by atoms with Crippen LogP contribution in [0.3, 0.4) is 0 Å². The second-order valence-corrected chi connectivity index (χ2v) is 9.69. The number of nitrogens with zero attached hydrogens (tertiary/aromatic N) is 4. The largest absolute Gasteiger partial charge is 0.387 e. The van der Waals surface area contributed by atoms with Crippen molar-refractivity contribution >= 4 is 23.2 Å².